The van der Waals surface area contributed by atoms with E-state index in [9.17, 15) is 0 Å². The van der Waals surface area contributed by atoms with Crippen LogP contribution < -0.4 is 10.1 Å². The van der Waals surface area contributed by atoms with Crippen LogP contribution in [-0.4, -0.2) is 11.5 Å². The fourth-order valence-electron chi connectivity index (χ4n) is 1.85. The first-order valence-electron chi connectivity index (χ1n) is 6.70. The molecule has 1 aromatic carbocycles. The van der Waals surface area contributed by atoms with Crippen molar-refractivity contribution in [2.45, 2.75) is 26.4 Å². The normalized spacial score (nSPS) is 11.9. The van der Waals surface area contributed by atoms with Gasteiger partial charge in [0.2, 0.25) is 0 Å². The third-order valence-corrected chi connectivity index (χ3v) is 2.87. The molecule has 0 bridgehead atoms. The fraction of sp³-hybridized carbons (Fsp3) is 0.312. The van der Waals surface area contributed by atoms with E-state index in [1.54, 1.807) is 6.20 Å². The highest BCUT2D eigenvalue weighted by atomic mass is 16.5. The Bertz CT molecular complexity index is 499. The molecule has 1 aromatic heterocycles. The first-order chi connectivity index (χ1) is 9.29. The molecule has 0 saturated heterocycles. The van der Waals surface area contributed by atoms with Gasteiger partial charge in [-0.15, -0.1) is 0 Å². The van der Waals surface area contributed by atoms with Crippen LogP contribution in [-0.2, 0) is 0 Å². The van der Waals surface area contributed by atoms with E-state index in [1.807, 2.05) is 37.4 Å². The first kappa shape index (κ1) is 13.4. The Morgan fingerprint density at radius 3 is 2.74 bits per heavy atom. The lowest BCUT2D eigenvalue weighted by Crippen LogP contribution is -2.04. The van der Waals surface area contributed by atoms with E-state index in [2.05, 4.69) is 29.4 Å². The third kappa shape index (κ3) is 3.98. The van der Waals surface area contributed by atoms with Crippen LogP contribution in [0.5, 0.6) is 5.75 Å². The zero-order valence-corrected chi connectivity index (χ0v) is 11.5. The topological polar surface area (TPSA) is 34.2 Å². The molecule has 1 atom stereocenters. The van der Waals surface area contributed by atoms with Crippen LogP contribution in [0.4, 0.5) is 5.69 Å². The number of nitrogens with zero attached hydrogens (tertiary/aromatic N) is 1. The van der Waals surface area contributed by atoms with Crippen LogP contribution >= 0.6 is 0 Å². The number of nitrogens with one attached hydrogen (secondary N) is 1. The lowest BCUT2D eigenvalue weighted by Gasteiger charge is -2.15. The maximum atomic E-state index is 5.92. The van der Waals surface area contributed by atoms with Crippen LogP contribution in [0.2, 0.25) is 0 Å². The monoisotopic (exact) mass is 256 g/mol. The van der Waals surface area contributed by atoms with Crippen molar-refractivity contribution < 1.29 is 4.74 Å². The van der Waals surface area contributed by atoms with Crippen molar-refractivity contribution in [2.24, 2.45) is 0 Å². The molecule has 1 heterocycles. The second-order valence-electron chi connectivity index (χ2n) is 4.51. The largest absolute Gasteiger partial charge is 0.484 e. The van der Waals surface area contributed by atoms with Crippen LogP contribution in [0.25, 0.3) is 0 Å². The number of ether oxygens (including phenoxy) is 1. The summed E-state index contributed by atoms with van der Waals surface area (Å²) in [6.07, 6.45) is 4.67. The van der Waals surface area contributed by atoms with Gasteiger partial charge >= 0.3 is 0 Å². The van der Waals surface area contributed by atoms with Gasteiger partial charge in [-0.05, 0) is 18.9 Å². The van der Waals surface area contributed by atoms with E-state index in [0.29, 0.717) is 0 Å². The molecule has 1 N–H and O–H groups in total. The summed E-state index contributed by atoms with van der Waals surface area (Å²) in [5, 5.41) is 3.31. The summed E-state index contributed by atoms with van der Waals surface area (Å²) in [5.74, 6) is 0.789. The van der Waals surface area contributed by atoms with Crippen molar-refractivity contribution in [3.63, 3.8) is 0 Å². The van der Waals surface area contributed by atoms with Crippen molar-refractivity contribution in [1.82, 2.24) is 4.98 Å². The minimum absolute atomic E-state index is 0.0180. The average molecular weight is 256 g/mol. The average Bonchev–Trinajstić information content (AvgIpc) is 2.46. The lowest BCUT2D eigenvalue weighted by molar-refractivity contribution is 0.226. The summed E-state index contributed by atoms with van der Waals surface area (Å²) in [6.45, 7) is 5.12. The van der Waals surface area contributed by atoms with E-state index >= 15 is 0 Å². The summed E-state index contributed by atoms with van der Waals surface area (Å²) < 4.78 is 5.92. The van der Waals surface area contributed by atoms with Gasteiger partial charge in [-0.1, -0.05) is 37.3 Å². The Kier molecular flexibility index (Phi) is 4.78. The molecule has 0 amide bonds. The summed E-state index contributed by atoms with van der Waals surface area (Å²) in [4.78, 5) is 4.20. The predicted octanol–water partition coefficient (Wildman–Crippen LogP) is 4.04. The maximum absolute atomic E-state index is 5.92. The Morgan fingerprint density at radius 2 is 2.00 bits per heavy atom. The molecule has 3 nitrogen and oxygen atoms in total. The van der Waals surface area contributed by atoms with Gasteiger partial charge in [0.05, 0.1) is 18.1 Å². The van der Waals surface area contributed by atoms with E-state index in [-0.39, 0.29) is 6.10 Å². The highest BCUT2D eigenvalue weighted by molar-refractivity contribution is 5.45. The number of aromatic nitrogens is 1. The molecular weight excluding hydrogens is 236 g/mol. The lowest BCUT2D eigenvalue weighted by atomic mass is 10.1. The predicted molar refractivity (Wildman–Crippen MR) is 78.5 cm³/mol. The van der Waals surface area contributed by atoms with E-state index < -0.39 is 0 Å². The van der Waals surface area contributed by atoms with Gasteiger partial charge in [-0.2, -0.15) is 0 Å². The molecule has 100 valence electrons. The molecule has 0 saturated carbocycles. The molecule has 19 heavy (non-hydrogen) atoms. The molecule has 2 aromatic rings. The van der Waals surface area contributed by atoms with Gasteiger partial charge in [0.15, 0.2) is 0 Å². The summed E-state index contributed by atoms with van der Waals surface area (Å²) >= 11 is 0. The smallest absolute Gasteiger partial charge is 0.140 e. The number of hydrogen-bond acceptors (Lipinski definition) is 3. The Hall–Kier alpha value is -2.03. The SMILES string of the molecule is CCCNc1cncc(OC(C)c2ccccc2)c1. The van der Waals surface area contributed by atoms with Gasteiger partial charge in [-0.3, -0.25) is 4.98 Å². The molecule has 3 heteroatoms. The van der Waals surface area contributed by atoms with Gasteiger partial charge in [0, 0.05) is 12.6 Å². The third-order valence-electron chi connectivity index (χ3n) is 2.87. The number of rotatable bonds is 6. The summed E-state index contributed by atoms with van der Waals surface area (Å²) in [7, 11) is 0. The van der Waals surface area contributed by atoms with Crippen LogP contribution in [0.15, 0.2) is 48.8 Å². The van der Waals surface area contributed by atoms with Crippen molar-refractivity contribution in [3.05, 3.63) is 54.4 Å². The molecule has 0 radical (unpaired) electrons. The number of anilines is 1. The number of pyridine rings is 1. The minimum atomic E-state index is 0.0180. The van der Waals surface area contributed by atoms with Crippen molar-refractivity contribution in [2.75, 3.05) is 11.9 Å². The highest BCUT2D eigenvalue weighted by Crippen LogP contribution is 2.22. The van der Waals surface area contributed by atoms with Crippen LogP contribution in [0.1, 0.15) is 31.9 Å². The molecule has 0 aliphatic rings. The molecule has 0 aliphatic heterocycles. The number of hydrogen-bond donors (Lipinski definition) is 1. The summed E-state index contributed by atoms with van der Waals surface area (Å²) in [6, 6.07) is 12.2. The Balaban J connectivity index is 2.02. The van der Waals surface area contributed by atoms with Gasteiger partial charge < -0.3 is 10.1 Å². The van der Waals surface area contributed by atoms with E-state index in [0.717, 1.165) is 30.0 Å². The van der Waals surface area contributed by atoms with E-state index in [4.69, 9.17) is 4.74 Å². The minimum Gasteiger partial charge on any atom is -0.484 e. The second kappa shape index (κ2) is 6.78. The Morgan fingerprint density at radius 1 is 1.21 bits per heavy atom. The second-order valence-corrected chi connectivity index (χ2v) is 4.51. The molecule has 0 fully saturated rings. The molecule has 1 unspecified atom stereocenters. The summed E-state index contributed by atoms with van der Waals surface area (Å²) in [5.41, 5.74) is 2.16. The zero-order valence-electron chi connectivity index (χ0n) is 11.5. The van der Waals surface area contributed by atoms with Crippen LogP contribution in [0, 0.1) is 0 Å². The van der Waals surface area contributed by atoms with Gasteiger partial charge in [-0.25, -0.2) is 0 Å². The standard InChI is InChI=1S/C16H20N2O/c1-3-9-18-15-10-16(12-17-11-15)19-13(2)14-7-5-4-6-8-14/h4-8,10-13,18H,3,9H2,1-2H3. The highest BCUT2D eigenvalue weighted by Gasteiger charge is 2.07. The molecule has 0 aliphatic carbocycles. The first-order valence-corrected chi connectivity index (χ1v) is 6.70. The van der Waals surface area contributed by atoms with Gasteiger partial charge in [0.1, 0.15) is 11.9 Å². The van der Waals surface area contributed by atoms with Crippen LogP contribution in [0.3, 0.4) is 0 Å². The Labute approximate surface area is 114 Å². The molecule has 2 rings (SSSR count). The van der Waals surface area contributed by atoms with E-state index in [1.165, 1.54) is 0 Å². The zero-order chi connectivity index (χ0) is 13.5. The maximum Gasteiger partial charge on any atom is 0.140 e. The number of benzene rings is 1. The van der Waals surface area contributed by atoms with Crippen molar-refractivity contribution in [3.8, 4) is 5.75 Å². The fourth-order valence-corrected chi connectivity index (χ4v) is 1.85. The van der Waals surface area contributed by atoms with Crippen molar-refractivity contribution >= 4 is 5.69 Å². The molecular formula is C16H20N2O. The van der Waals surface area contributed by atoms with Gasteiger partial charge in [0.25, 0.3) is 0 Å². The van der Waals surface area contributed by atoms with Crippen molar-refractivity contribution in [1.29, 1.82) is 0 Å². The molecule has 0 spiro atoms. The quantitative estimate of drug-likeness (QED) is 0.846.